The number of aromatic carboxylic acids is 1. The molecule has 3 rings (SSSR count). The molecule has 1 aliphatic rings. The molecular formula is C20H16NNaO3. The number of carbonyl (C=O) groups excluding carboxylic acids is 2. The number of carbonyl (C=O) groups is 2. The van der Waals surface area contributed by atoms with Crippen LogP contribution in [0.2, 0.25) is 0 Å². The quantitative estimate of drug-likeness (QED) is 0.549. The molecule has 0 saturated carbocycles. The molecule has 25 heavy (non-hydrogen) atoms. The standard InChI is InChI=1S/C20H17NO3.Na/c1-21(17-10-8-14(9-11-17)20(23)24)12-4-6-16-13-15-5-2-3-7-18(15)19(16)22;/h2-12H,13H2,1H3,(H,23,24);/q;+1/p-1/b12-4+,16-6+;. The number of hydrogen-bond donors (Lipinski definition) is 0. The Kier molecular flexibility index (Phi) is 6.37. The molecule has 0 radical (unpaired) electrons. The smallest absolute Gasteiger partial charge is 0.545 e. The largest absolute Gasteiger partial charge is 1.00 e. The molecule has 0 amide bonds. The van der Waals surface area contributed by atoms with Gasteiger partial charge in [0.2, 0.25) is 0 Å². The SMILES string of the molecule is CN(/C=C/C=C1\Cc2ccccc2C1=O)c1ccc(C(=O)[O-])cc1.[Na+]. The second kappa shape index (κ2) is 8.30. The summed E-state index contributed by atoms with van der Waals surface area (Å²) in [6.45, 7) is 0. The van der Waals surface area contributed by atoms with E-state index in [9.17, 15) is 14.7 Å². The summed E-state index contributed by atoms with van der Waals surface area (Å²) >= 11 is 0. The summed E-state index contributed by atoms with van der Waals surface area (Å²) in [6.07, 6.45) is 6.14. The summed E-state index contributed by atoms with van der Waals surface area (Å²) in [5.41, 5.74) is 3.60. The summed E-state index contributed by atoms with van der Waals surface area (Å²) in [5.74, 6) is -1.11. The van der Waals surface area contributed by atoms with Gasteiger partial charge in [0.05, 0.1) is 5.97 Å². The molecule has 4 nitrogen and oxygen atoms in total. The van der Waals surface area contributed by atoms with Gasteiger partial charge in [-0.3, -0.25) is 4.79 Å². The molecule has 0 bridgehead atoms. The van der Waals surface area contributed by atoms with Crippen LogP contribution in [0.1, 0.15) is 26.3 Å². The van der Waals surface area contributed by atoms with E-state index in [0.29, 0.717) is 6.42 Å². The summed E-state index contributed by atoms with van der Waals surface area (Å²) in [5, 5.41) is 10.7. The van der Waals surface area contributed by atoms with E-state index in [4.69, 9.17) is 0 Å². The van der Waals surface area contributed by atoms with Crippen molar-refractivity contribution in [3.63, 3.8) is 0 Å². The van der Waals surface area contributed by atoms with Crippen molar-refractivity contribution in [2.75, 3.05) is 11.9 Å². The maximum Gasteiger partial charge on any atom is 1.00 e. The van der Waals surface area contributed by atoms with Crippen LogP contribution in [0.3, 0.4) is 0 Å². The minimum Gasteiger partial charge on any atom is -0.545 e. The van der Waals surface area contributed by atoms with E-state index in [1.807, 2.05) is 54.6 Å². The maximum atomic E-state index is 12.3. The van der Waals surface area contributed by atoms with E-state index in [1.165, 1.54) is 12.1 Å². The normalized spacial score (nSPS) is 14.4. The molecule has 2 aromatic carbocycles. The van der Waals surface area contributed by atoms with E-state index in [1.54, 1.807) is 12.1 Å². The first-order valence-electron chi connectivity index (χ1n) is 7.60. The van der Waals surface area contributed by atoms with E-state index in [2.05, 4.69) is 0 Å². The zero-order chi connectivity index (χ0) is 17.1. The fourth-order valence-corrected chi connectivity index (χ4v) is 2.70. The molecule has 0 heterocycles. The number of anilines is 1. The van der Waals surface area contributed by atoms with Crippen molar-refractivity contribution in [2.24, 2.45) is 0 Å². The van der Waals surface area contributed by atoms with Gasteiger partial charge in [-0.05, 0) is 29.3 Å². The van der Waals surface area contributed by atoms with E-state index < -0.39 is 5.97 Å². The third-order valence-corrected chi connectivity index (χ3v) is 4.05. The summed E-state index contributed by atoms with van der Waals surface area (Å²) in [6, 6.07) is 14.1. The van der Waals surface area contributed by atoms with Crippen molar-refractivity contribution in [2.45, 2.75) is 6.42 Å². The number of hydrogen-bond acceptors (Lipinski definition) is 4. The second-order valence-corrected chi connectivity index (χ2v) is 5.64. The monoisotopic (exact) mass is 341 g/mol. The zero-order valence-electron chi connectivity index (χ0n) is 14.2. The fraction of sp³-hybridized carbons (Fsp3) is 0.100. The van der Waals surface area contributed by atoms with E-state index >= 15 is 0 Å². The van der Waals surface area contributed by atoms with Gasteiger partial charge in [-0.15, -0.1) is 0 Å². The van der Waals surface area contributed by atoms with Crippen LogP contribution in [0.15, 0.2) is 72.5 Å². The topological polar surface area (TPSA) is 60.4 Å². The predicted molar refractivity (Wildman–Crippen MR) is 90.9 cm³/mol. The number of allylic oxidation sites excluding steroid dienone is 3. The first-order valence-corrected chi connectivity index (χ1v) is 7.60. The van der Waals surface area contributed by atoms with Crippen LogP contribution in [0.25, 0.3) is 0 Å². The average molecular weight is 341 g/mol. The summed E-state index contributed by atoms with van der Waals surface area (Å²) in [7, 11) is 1.86. The molecule has 0 aromatic heterocycles. The minimum atomic E-state index is -1.19. The van der Waals surface area contributed by atoms with Gasteiger partial charge in [-0.1, -0.05) is 42.5 Å². The number of ketones is 1. The van der Waals surface area contributed by atoms with Crippen molar-refractivity contribution < 1.29 is 44.3 Å². The second-order valence-electron chi connectivity index (χ2n) is 5.64. The van der Waals surface area contributed by atoms with Gasteiger partial charge in [-0.2, -0.15) is 0 Å². The molecule has 5 heteroatoms. The Morgan fingerprint density at radius 3 is 2.44 bits per heavy atom. The van der Waals surface area contributed by atoms with E-state index in [-0.39, 0.29) is 40.9 Å². The molecule has 0 unspecified atom stereocenters. The van der Waals surface area contributed by atoms with Crippen LogP contribution >= 0.6 is 0 Å². The molecule has 0 saturated heterocycles. The van der Waals surface area contributed by atoms with Gasteiger partial charge < -0.3 is 14.8 Å². The number of Topliss-reactive ketones (excluding diaryl/α,β-unsaturated/α-hetero) is 1. The molecule has 0 atom stereocenters. The van der Waals surface area contributed by atoms with Crippen molar-refractivity contribution >= 4 is 17.4 Å². The van der Waals surface area contributed by atoms with Crippen LogP contribution < -0.4 is 39.6 Å². The third-order valence-electron chi connectivity index (χ3n) is 4.05. The fourth-order valence-electron chi connectivity index (χ4n) is 2.70. The minimum absolute atomic E-state index is 0. The summed E-state index contributed by atoms with van der Waals surface area (Å²) < 4.78 is 0. The Labute approximate surface area is 168 Å². The van der Waals surface area contributed by atoms with Crippen LogP contribution in [-0.4, -0.2) is 18.8 Å². The van der Waals surface area contributed by atoms with Crippen LogP contribution in [0.5, 0.6) is 0 Å². The first-order chi connectivity index (χ1) is 11.6. The Hall–Kier alpha value is -2.14. The average Bonchev–Trinajstić information content (AvgIpc) is 2.91. The summed E-state index contributed by atoms with van der Waals surface area (Å²) in [4.78, 5) is 24.9. The predicted octanol–water partition coefficient (Wildman–Crippen LogP) is -0.631. The zero-order valence-corrected chi connectivity index (χ0v) is 16.2. The van der Waals surface area contributed by atoms with E-state index in [0.717, 1.165) is 22.4 Å². The van der Waals surface area contributed by atoms with Crippen LogP contribution in [0.4, 0.5) is 5.69 Å². The third kappa shape index (κ3) is 4.28. The Bertz CT molecular complexity index is 853. The van der Waals surface area contributed by atoms with Gasteiger partial charge in [-0.25, -0.2) is 0 Å². The first kappa shape index (κ1) is 19.2. The van der Waals surface area contributed by atoms with Crippen molar-refractivity contribution in [1.29, 1.82) is 0 Å². The molecule has 0 fully saturated rings. The van der Waals surface area contributed by atoms with Crippen molar-refractivity contribution in [3.8, 4) is 0 Å². The number of rotatable bonds is 4. The maximum absolute atomic E-state index is 12.3. The number of nitrogens with zero attached hydrogens (tertiary/aromatic N) is 1. The molecule has 0 N–H and O–H groups in total. The molecular weight excluding hydrogens is 325 g/mol. The molecule has 1 aliphatic carbocycles. The number of fused-ring (bicyclic) bond motifs is 1. The molecule has 120 valence electrons. The Morgan fingerprint density at radius 1 is 1.12 bits per heavy atom. The van der Waals surface area contributed by atoms with Gasteiger partial charge in [0.1, 0.15) is 0 Å². The Morgan fingerprint density at radius 2 is 1.80 bits per heavy atom. The molecule has 2 aromatic rings. The van der Waals surface area contributed by atoms with Gasteiger partial charge in [0.15, 0.2) is 5.78 Å². The number of benzene rings is 2. The van der Waals surface area contributed by atoms with Gasteiger partial charge >= 0.3 is 29.6 Å². The van der Waals surface area contributed by atoms with Gasteiger partial charge in [0.25, 0.3) is 0 Å². The van der Waals surface area contributed by atoms with Crippen molar-refractivity contribution in [1.82, 2.24) is 0 Å². The molecule has 0 aliphatic heterocycles. The van der Waals surface area contributed by atoms with Crippen molar-refractivity contribution in [3.05, 3.63) is 89.1 Å². The number of carboxylic acids is 1. The van der Waals surface area contributed by atoms with Crippen LogP contribution in [0, 0.1) is 0 Å². The van der Waals surface area contributed by atoms with Gasteiger partial charge in [0, 0.05) is 36.5 Å². The molecule has 0 spiro atoms. The number of carboxylic acid groups (broad SMARTS) is 1. The Balaban J connectivity index is 0.00000225. The van der Waals surface area contributed by atoms with Crippen LogP contribution in [-0.2, 0) is 6.42 Å².